The fourth-order valence-electron chi connectivity index (χ4n) is 12.7. The molecule has 0 bridgehead atoms. The summed E-state index contributed by atoms with van der Waals surface area (Å²) in [4.78, 5) is 4.99. The van der Waals surface area contributed by atoms with Crippen molar-refractivity contribution in [1.82, 2.24) is 0 Å². The second kappa shape index (κ2) is 13.2. The fraction of sp³-hybridized carbons (Fsp3) is 0.500. The van der Waals surface area contributed by atoms with E-state index in [2.05, 4.69) is 187 Å². The van der Waals surface area contributed by atoms with Crippen molar-refractivity contribution < 1.29 is 4.11 Å². The predicted molar refractivity (Wildman–Crippen MR) is 274 cm³/mol. The van der Waals surface area contributed by atoms with Crippen LogP contribution < -0.4 is 26.2 Å². The normalized spacial score (nSPS) is 22.3. The van der Waals surface area contributed by atoms with Crippen LogP contribution in [0.2, 0.25) is 0 Å². The van der Waals surface area contributed by atoms with E-state index in [4.69, 9.17) is 0 Å². The van der Waals surface area contributed by atoms with E-state index in [9.17, 15) is 4.11 Å². The van der Waals surface area contributed by atoms with E-state index in [-0.39, 0.29) is 44.6 Å². The Hall–Kier alpha value is -4.24. The summed E-state index contributed by atoms with van der Waals surface area (Å²) >= 11 is 0. The number of benzene rings is 5. The highest BCUT2D eigenvalue weighted by Gasteiger charge is 2.48. The summed E-state index contributed by atoms with van der Waals surface area (Å²) in [7, 11) is 0. The first kappa shape index (κ1) is 39.2. The molecule has 0 unspecified atom stereocenters. The van der Waals surface area contributed by atoms with Gasteiger partial charge < -0.3 is 9.80 Å². The molecule has 0 saturated heterocycles. The van der Waals surface area contributed by atoms with Gasteiger partial charge in [-0.2, -0.15) is 0 Å². The van der Waals surface area contributed by atoms with Gasteiger partial charge in [-0.25, -0.2) is 0 Å². The minimum atomic E-state index is -2.34. The maximum Gasteiger partial charge on any atom is 0.252 e. The lowest BCUT2D eigenvalue weighted by molar-refractivity contribution is 0.331. The van der Waals surface area contributed by atoms with Crippen molar-refractivity contribution >= 4 is 57.2 Å². The van der Waals surface area contributed by atoms with Gasteiger partial charge in [-0.1, -0.05) is 134 Å². The van der Waals surface area contributed by atoms with Crippen molar-refractivity contribution in [3.8, 4) is 0 Å². The zero-order valence-corrected chi connectivity index (χ0v) is 41.6. The molecule has 0 radical (unpaired) electrons. The van der Waals surface area contributed by atoms with Gasteiger partial charge in [0.25, 0.3) is 6.71 Å². The third kappa shape index (κ3) is 6.31. The third-order valence-electron chi connectivity index (χ3n) is 17.4. The fourth-order valence-corrected chi connectivity index (χ4v) is 12.7. The third-order valence-corrected chi connectivity index (χ3v) is 17.4. The average molecular weight is 838 g/mol. The Morgan fingerprint density at radius 2 is 0.921 bits per heavy atom. The molecule has 63 heavy (non-hydrogen) atoms. The first-order chi connectivity index (χ1) is 30.3. The zero-order chi connectivity index (χ0) is 47.9. The molecule has 10 rings (SSSR count). The molecule has 0 fully saturated rings. The quantitative estimate of drug-likeness (QED) is 0.160. The first-order valence-electron chi connectivity index (χ1n) is 25.8. The van der Waals surface area contributed by atoms with Crippen molar-refractivity contribution in [2.75, 3.05) is 9.80 Å². The van der Waals surface area contributed by atoms with E-state index in [0.29, 0.717) is 5.56 Å². The van der Waals surface area contributed by atoms with Crippen LogP contribution in [0.1, 0.15) is 197 Å². The lowest BCUT2D eigenvalue weighted by Crippen LogP contribution is -2.62. The van der Waals surface area contributed by atoms with Crippen LogP contribution in [0, 0.1) is 13.8 Å². The summed E-state index contributed by atoms with van der Waals surface area (Å²) in [6, 6.07) is 28.6. The van der Waals surface area contributed by atoms with E-state index in [0.717, 1.165) is 67.0 Å². The van der Waals surface area contributed by atoms with Gasteiger partial charge in [0.1, 0.15) is 0 Å². The van der Waals surface area contributed by atoms with Crippen LogP contribution in [0.25, 0.3) is 0 Å². The molecule has 0 aromatic heterocycles. The number of anilines is 6. The van der Waals surface area contributed by atoms with Gasteiger partial charge in [0, 0.05) is 38.2 Å². The van der Waals surface area contributed by atoms with Crippen LogP contribution in [0.15, 0.2) is 72.8 Å². The van der Waals surface area contributed by atoms with Crippen molar-refractivity contribution in [3.63, 3.8) is 0 Å². The lowest BCUT2D eigenvalue weighted by atomic mass is 9.33. The molecule has 0 atom stereocenters. The molecule has 5 aromatic rings. The van der Waals surface area contributed by atoms with Gasteiger partial charge >= 0.3 is 0 Å². The highest BCUT2D eigenvalue weighted by atomic mass is 15.2. The van der Waals surface area contributed by atoms with E-state index in [1.54, 1.807) is 0 Å². The molecule has 0 saturated carbocycles. The second-order valence-corrected chi connectivity index (χ2v) is 25.7. The van der Waals surface area contributed by atoms with E-state index >= 15 is 0 Å². The number of aryl methyl sites for hydroxylation is 2. The van der Waals surface area contributed by atoms with Crippen LogP contribution >= 0.6 is 0 Å². The number of rotatable bonds is 2. The average Bonchev–Trinajstić information content (AvgIpc) is 3.21. The highest BCUT2D eigenvalue weighted by Crippen LogP contribution is 2.54. The highest BCUT2D eigenvalue weighted by molar-refractivity contribution is 7.00. The molecule has 2 nitrogen and oxygen atoms in total. The van der Waals surface area contributed by atoms with Gasteiger partial charge in [-0.3, -0.25) is 0 Å². The SMILES string of the molecule is [2H]C([2H])([2H])c1cc2c3c(c1)N(c1cc4c(cc1C)C(C)(C)CCC4(C)C)c1cc4c(cc1B3c1ccc(C(C)(C)C)cc1N2c1ccc2c(c1)C(C)(C)CCC2(C)C)C(C)(C)CCC4(C)C. The Balaban J connectivity index is 1.36. The molecule has 0 N–H and O–H groups in total. The van der Waals surface area contributed by atoms with Gasteiger partial charge in [0.05, 0.1) is 0 Å². The zero-order valence-electron chi connectivity index (χ0n) is 44.6. The van der Waals surface area contributed by atoms with Crippen molar-refractivity contribution in [3.05, 3.63) is 123 Å². The topological polar surface area (TPSA) is 6.48 Å². The second-order valence-electron chi connectivity index (χ2n) is 25.7. The lowest BCUT2D eigenvalue weighted by Gasteiger charge is -2.48. The maximum absolute atomic E-state index is 9.18. The Kier molecular flexibility index (Phi) is 8.20. The standard InChI is InChI=1S/C60H75BN2/c1-36-28-51-53-52(29-36)63(48-34-44-41(30-37(48)2)56(8,9)24-26-59(44,14)15)50-35-45-43(58(12,13)25-27-60(45,16)17)33-47(50)61(53)46-21-18-38(54(3,4)5)31-49(46)62(51)39-19-20-40-42(32-39)57(10,11)23-22-55(40,6)7/h18-21,28-35H,22-27H2,1-17H3/i1D3. The maximum atomic E-state index is 9.18. The number of fused-ring (bicyclic) bond motifs is 7. The van der Waals surface area contributed by atoms with Gasteiger partial charge in [-0.15, -0.1) is 0 Å². The number of hydrogen-bond acceptors (Lipinski definition) is 2. The monoisotopic (exact) mass is 838 g/mol. The van der Waals surface area contributed by atoms with Crippen LogP contribution in [0.3, 0.4) is 0 Å². The molecule has 3 heteroatoms. The van der Waals surface area contributed by atoms with Gasteiger partial charge in [-0.05, 0) is 199 Å². The molecule has 2 aliphatic heterocycles. The molecule has 328 valence electrons. The summed E-state index contributed by atoms with van der Waals surface area (Å²) in [6.07, 6.45) is 6.77. The molecule has 0 spiro atoms. The summed E-state index contributed by atoms with van der Waals surface area (Å²) in [5.74, 6) is 0. The Morgan fingerprint density at radius 1 is 0.460 bits per heavy atom. The summed E-state index contributed by atoms with van der Waals surface area (Å²) < 4.78 is 27.5. The minimum absolute atomic E-state index is 0.000381. The summed E-state index contributed by atoms with van der Waals surface area (Å²) in [5.41, 5.74) is 21.7. The minimum Gasteiger partial charge on any atom is -0.311 e. The van der Waals surface area contributed by atoms with Crippen molar-refractivity contribution in [1.29, 1.82) is 0 Å². The molecule has 2 heterocycles. The molecule has 3 aliphatic carbocycles. The van der Waals surface area contributed by atoms with Gasteiger partial charge in [0.15, 0.2) is 0 Å². The van der Waals surface area contributed by atoms with E-state index in [1.807, 2.05) is 6.07 Å². The first-order valence-corrected chi connectivity index (χ1v) is 24.3. The number of nitrogens with zero attached hydrogens (tertiary/aromatic N) is 2. The van der Waals surface area contributed by atoms with E-state index in [1.165, 1.54) is 66.6 Å². The Morgan fingerprint density at radius 3 is 1.46 bits per heavy atom. The van der Waals surface area contributed by atoms with Crippen molar-refractivity contribution in [2.45, 2.75) is 194 Å². The Bertz CT molecular complexity index is 2880. The largest absolute Gasteiger partial charge is 0.311 e. The predicted octanol–water partition coefficient (Wildman–Crippen LogP) is 14.7. The van der Waals surface area contributed by atoms with Crippen LogP contribution in [-0.2, 0) is 37.9 Å². The van der Waals surface area contributed by atoms with Gasteiger partial charge in [0.2, 0.25) is 0 Å². The molecule has 0 amide bonds. The number of hydrogen-bond donors (Lipinski definition) is 0. The molecular formula is C60H75BN2. The van der Waals surface area contributed by atoms with Crippen LogP contribution in [0.4, 0.5) is 34.1 Å². The molecule has 5 aromatic carbocycles. The van der Waals surface area contributed by atoms with E-state index < -0.39 is 6.85 Å². The summed E-state index contributed by atoms with van der Waals surface area (Å²) in [6.45, 7) is 35.7. The van der Waals surface area contributed by atoms with Crippen LogP contribution in [0.5, 0.6) is 0 Å². The van der Waals surface area contributed by atoms with Crippen molar-refractivity contribution in [2.24, 2.45) is 0 Å². The van der Waals surface area contributed by atoms with Crippen LogP contribution in [-0.4, -0.2) is 6.71 Å². The molecular weight excluding hydrogens is 759 g/mol. The molecule has 5 aliphatic rings. The summed E-state index contributed by atoms with van der Waals surface area (Å²) in [5, 5.41) is 0. The smallest absolute Gasteiger partial charge is 0.252 e. The Labute approximate surface area is 386 Å².